The van der Waals surface area contributed by atoms with Crippen LogP contribution < -0.4 is 0 Å². The van der Waals surface area contributed by atoms with Crippen LogP contribution in [0.15, 0.2) is 11.1 Å². The molecule has 0 radical (unpaired) electrons. The van der Waals surface area contributed by atoms with Crippen LogP contribution in [-0.2, 0) is 38.1 Å². The molecule has 5 fully saturated rings. The molecule has 1 aliphatic heterocycles. The number of fused-ring (bicyclic) bond motifs is 7. The fraction of sp³-hybridized carbons (Fsp3) is 0.881. The van der Waals surface area contributed by atoms with Gasteiger partial charge >= 0.3 is 11.9 Å². The van der Waals surface area contributed by atoms with E-state index in [0.717, 1.165) is 62.5 Å². The summed E-state index contributed by atoms with van der Waals surface area (Å²) in [5.41, 5.74) is 1.46. The van der Waals surface area contributed by atoms with Crippen molar-refractivity contribution in [2.75, 3.05) is 13.7 Å². The molecular weight excluding hydrogens is 632 g/mol. The van der Waals surface area contributed by atoms with Crippen molar-refractivity contribution in [2.24, 2.45) is 50.7 Å². The standard InChI is InChI=1S/C42H66O8/c1-12-21-47-29-22-33(48-25(4)36(29)49-26(5)43)50-32-16-17-39(8)30(38(32,6)7)15-18-41(10)31(39)14-13-27-35-34(24(2)3)28(44)23-42(35,37(45)46-11)20-19-40(27,41)9/h24-25,27,29-33,36H,12-23H2,1-11H3. The van der Waals surface area contributed by atoms with Gasteiger partial charge in [0.1, 0.15) is 6.10 Å². The molecule has 0 amide bonds. The molecule has 8 nitrogen and oxygen atoms in total. The smallest absolute Gasteiger partial charge is 0.316 e. The Labute approximate surface area is 301 Å². The van der Waals surface area contributed by atoms with Gasteiger partial charge in [-0.3, -0.25) is 14.4 Å². The summed E-state index contributed by atoms with van der Waals surface area (Å²) in [7, 11) is 1.49. The van der Waals surface area contributed by atoms with Crippen LogP contribution in [-0.4, -0.2) is 62.1 Å². The van der Waals surface area contributed by atoms with Gasteiger partial charge in [-0.25, -0.2) is 0 Å². The Morgan fingerprint density at radius 3 is 2.30 bits per heavy atom. The topological polar surface area (TPSA) is 97.4 Å². The second kappa shape index (κ2) is 13.3. The number of carbonyl (C=O) groups is 3. The predicted molar refractivity (Wildman–Crippen MR) is 191 cm³/mol. The van der Waals surface area contributed by atoms with Gasteiger partial charge in [0.2, 0.25) is 0 Å². The summed E-state index contributed by atoms with van der Waals surface area (Å²) < 4.78 is 30.7. The first kappa shape index (κ1) is 38.0. The molecule has 8 heteroatoms. The number of hydrogen-bond acceptors (Lipinski definition) is 8. The van der Waals surface area contributed by atoms with Crippen LogP contribution in [0.5, 0.6) is 0 Å². The molecule has 4 saturated carbocycles. The van der Waals surface area contributed by atoms with Crippen molar-refractivity contribution in [3.8, 4) is 0 Å². The van der Waals surface area contributed by atoms with Gasteiger partial charge in [-0.2, -0.15) is 0 Å². The zero-order valence-electron chi connectivity index (χ0n) is 32.9. The molecule has 0 bridgehead atoms. The fourth-order valence-electron chi connectivity index (χ4n) is 13.3. The minimum Gasteiger partial charge on any atom is -0.468 e. The van der Waals surface area contributed by atoms with Crippen molar-refractivity contribution in [3.05, 3.63) is 11.1 Å². The van der Waals surface area contributed by atoms with Crippen LogP contribution in [0.1, 0.15) is 140 Å². The number of ether oxygens (including phenoxy) is 5. The predicted octanol–water partition coefficient (Wildman–Crippen LogP) is 8.39. The van der Waals surface area contributed by atoms with E-state index in [9.17, 15) is 14.4 Å². The monoisotopic (exact) mass is 698 g/mol. The number of carbonyl (C=O) groups excluding carboxylic acids is 3. The summed E-state index contributed by atoms with van der Waals surface area (Å²) in [5, 5.41) is 0. The van der Waals surface area contributed by atoms with E-state index >= 15 is 0 Å². The molecule has 1 heterocycles. The zero-order chi connectivity index (χ0) is 36.6. The van der Waals surface area contributed by atoms with E-state index in [4.69, 9.17) is 23.7 Å². The summed E-state index contributed by atoms with van der Waals surface area (Å²) in [4.78, 5) is 39.2. The van der Waals surface area contributed by atoms with Gasteiger partial charge in [0, 0.05) is 26.4 Å². The Kier molecular flexibility index (Phi) is 10.1. The van der Waals surface area contributed by atoms with Crippen LogP contribution in [0.2, 0.25) is 0 Å². The van der Waals surface area contributed by atoms with Crippen molar-refractivity contribution in [3.63, 3.8) is 0 Å². The molecular formula is C42H66O8. The maximum Gasteiger partial charge on any atom is 0.316 e. The average Bonchev–Trinajstić information content (AvgIpc) is 3.35. The van der Waals surface area contributed by atoms with E-state index in [2.05, 4.69) is 55.4 Å². The van der Waals surface area contributed by atoms with Crippen molar-refractivity contribution in [1.29, 1.82) is 0 Å². The second-order valence-corrected chi connectivity index (χ2v) is 18.7. The second-order valence-electron chi connectivity index (χ2n) is 18.7. The molecule has 1 saturated heterocycles. The maximum absolute atomic E-state index is 13.7. The maximum atomic E-state index is 13.7. The molecule has 12 unspecified atom stereocenters. The summed E-state index contributed by atoms with van der Waals surface area (Å²) in [6.07, 6.45) is 8.46. The number of methoxy groups -OCH3 is 1. The third kappa shape index (κ3) is 5.58. The van der Waals surface area contributed by atoms with E-state index < -0.39 is 17.8 Å². The molecule has 0 aromatic carbocycles. The first-order valence-corrected chi connectivity index (χ1v) is 19.9. The first-order valence-electron chi connectivity index (χ1n) is 19.9. The van der Waals surface area contributed by atoms with Crippen LogP contribution >= 0.6 is 0 Å². The van der Waals surface area contributed by atoms with Crippen LogP contribution in [0, 0.1) is 50.7 Å². The van der Waals surface area contributed by atoms with Crippen molar-refractivity contribution >= 4 is 17.7 Å². The minimum absolute atomic E-state index is 0.00291. The number of allylic oxidation sites excluding steroid dienone is 1. The van der Waals surface area contributed by atoms with Gasteiger partial charge in [-0.05, 0) is 121 Å². The zero-order valence-corrected chi connectivity index (χ0v) is 32.9. The number of esters is 2. The van der Waals surface area contributed by atoms with E-state index in [0.29, 0.717) is 31.3 Å². The highest BCUT2D eigenvalue weighted by molar-refractivity contribution is 6.05. The van der Waals surface area contributed by atoms with Crippen LogP contribution in [0.3, 0.4) is 0 Å². The minimum atomic E-state index is -0.783. The molecule has 0 aromatic heterocycles. The Morgan fingerprint density at radius 1 is 0.940 bits per heavy atom. The van der Waals surface area contributed by atoms with E-state index in [-0.39, 0.29) is 76.0 Å². The number of hydrogen-bond donors (Lipinski definition) is 0. The van der Waals surface area contributed by atoms with Gasteiger partial charge in [0.05, 0.1) is 24.7 Å². The van der Waals surface area contributed by atoms with Gasteiger partial charge in [-0.1, -0.05) is 55.4 Å². The average molecular weight is 699 g/mol. The summed E-state index contributed by atoms with van der Waals surface area (Å²) in [5.74, 6) is 0.987. The van der Waals surface area contributed by atoms with Gasteiger partial charge in [0.25, 0.3) is 0 Å². The lowest BCUT2D eigenvalue weighted by molar-refractivity contribution is -0.299. The molecule has 50 heavy (non-hydrogen) atoms. The number of Topliss-reactive ketones (excluding diaryl/α,β-unsaturated/α-hetero) is 1. The van der Waals surface area contributed by atoms with Gasteiger partial charge in [-0.15, -0.1) is 0 Å². The van der Waals surface area contributed by atoms with Crippen molar-refractivity contribution in [1.82, 2.24) is 0 Å². The normalized spacial score (nSPS) is 45.3. The van der Waals surface area contributed by atoms with Gasteiger partial charge in [0.15, 0.2) is 18.2 Å². The lowest BCUT2D eigenvalue weighted by atomic mass is 9.33. The molecule has 282 valence electrons. The largest absolute Gasteiger partial charge is 0.468 e. The molecule has 0 N–H and O–H groups in total. The third-order valence-corrected chi connectivity index (χ3v) is 15.7. The van der Waals surface area contributed by atoms with Gasteiger partial charge < -0.3 is 23.7 Å². The highest BCUT2D eigenvalue weighted by atomic mass is 16.7. The Hall–Kier alpha value is -1.77. The fourth-order valence-corrected chi connectivity index (χ4v) is 13.3. The quantitative estimate of drug-likeness (QED) is 0.184. The number of rotatable bonds is 8. The summed E-state index contributed by atoms with van der Waals surface area (Å²) in [6, 6.07) is 0. The van der Waals surface area contributed by atoms with Crippen molar-refractivity contribution < 1.29 is 38.1 Å². The van der Waals surface area contributed by atoms with Crippen molar-refractivity contribution in [2.45, 2.75) is 171 Å². The lowest BCUT2D eigenvalue weighted by Gasteiger charge is -2.72. The van der Waals surface area contributed by atoms with E-state index in [1.807, 2.05) is 6.92 Å². The molecule has 5 aliphatic carbocycles. The molecule has 0 aromatic rings. The molecule has 12 atom stereocenters. The number of ketones is 1. The Morgan fingerprint density at radius 2 is 1.66 bits per heavy atom. The first-order chi connectivity index (χ1) is 23.4. The molecule has 6 aliphatic rings. The van der Waals surface area contributed by atoms with E-state index in [1.54, 1.807) is 0 Å². The third-order valence-electron chi connectivity index (χ3n) is 15.7. The molecule has 0 spiro atoms. The lowest BCUT2D eigenvalue weighted by Crippen LogP contribution is -2.66. The van der Waals surface area contributed by atoms with Crippen LogP contribution in [0.25, 0.3) is 0 Å². The highest BCUT2D eigenvalue weighted by Gasteiger charge is 2.71. The Bertz CT molecular complexity index is 1380. The van der Waals surface area contributed by atoms with Crippen LogP contribution in [0.4, 0.5) is 0 Å². The SMILES string of the molecule is CCCOC1CC(OC2CCC3(C)C(CCC4(C)C3CCC3C5=C(C(C)C)C(=O)CC5(C(=O)OC)CCC34C)C2(C)C)OC(C)C1OC(C)=O. The molecule has 6 rings (SSSR count). The summed E-state index contributed by atoms with van der Waals surface area (Å²) >= 11 is 0. The van der Waals surface area contributed by atoms with E-state index in [1.165, 1.54) is 14.0 Å². The highest BCUT2D eigenvalue weighted by Crippen LogP contribution is 2.76. The summed E-state index contributed by atoms with van der Waals surface area (Å²) in [6.45, 7) is 22.8. The Balaban J connectivity index is 1.25.